The van der Waals surface area contributed by atoms with Crippen molar-refractivity contribution in [3.8, 4) is 0 Å². The predicted molar refractivity (Wildman–Crippen MR) is 87.6 cm³/mol. The van der Waals surface area contributed by atoms with Crippen molar-refractivity contribution < 1.29 is 4.79 Å². The van der Waals surface area contributed by atoms with Gasteiger partial charge in [-0.1, -0.05) is 13.8 Å². The minimum atomic E-state index is 0.302. The number of fused-ring (bicyclic) bond motifs is 1. The van der Waals surface area contributed by atoms with Crippen molar-refractivity contribution in [3.63, 3.8) is 0 Å². The van der Waals surface area contributed by atoms with Crippen molar-refractivity contribution in [2.75, 3.05) is 26.2 Å². The summed E-state index contributed by atoms with van der Waals surface area (Å²) in [6.45, 7) is 8.19. The van der Waals surface area contributed by atoms with Gasteiger partial charge >= 0.3 is 0 Å². The molecule has 0 bridgehead atoms. The summed E-state index contributed by atoms with van der Waals surface area (Å²) in [4.78, 5) is 18.7. The van der Waals surface area contributed by atoms with Gasteiger partial charge in [-0.15, -0.1) is 11.3 Å². The molecule has 0 aromatic carbocycles. The first-order valence-electron chi connectivity index (χ1n) is 8.27. The average Bonchev–Trinajstić information content (AvgIpc) is 2.97. The van der Waals surface area contributed by atoms with Crippen LogP contribution in [0.15, 0.2) is 11.4 Å². The van der Waals surface area contributed by atoms with Crippen molar-refractivity contribution in [2.45, 2.75) is 45.6 Å². The van der Waals surface area contributed by atoms with Gasteiger partial charge in [-0.25, -0.2) is 0 Å². The lowest BCUT2D eigenvalue weighted by atomic mass is 9.97. The largest absolute Gasteiger partial charge is 0.334 e. The molecule has 1 aromatic heterocycles. The molecule has 1 unspecified atom stereocenters. The van der Waals surface area contributed by atoms with Gasteiger partial charge in [0.2, 0.25) is 5.91 Å². The zero-order chi connectivity index (χ0) is 14.8. The number of piperidine rings is 1. The summed E-state index contributed by atoms with van der Waals surface area (Å²) in [6.07, 6.45) is 4.52. The Labute approximate surface area is 131 Å². The third-order valence-electron chi connectivity index (χ3n) is 5.04. The highest BCUT2D eigenvalue weighted by atomic mass is 32.1. The third kappa shape index (κ3) is 3.16. The van der Waals surface area contributed by atoms with E-state index in [0.717, 1.165) is 38.4 Å². The van der Waals surface area contributed by atoms with Crippen LogP contribution in [0.1, 0.15) is 49.6 Å². The SMILES string of the molecule is CCC1c2ccsc2CCN1C(=O)CN1CCC(C)CC1. The Hall–Kier alpha value is -0.870. The van der Waals surface area contributed by atoms with Crippen molar-refractivity contribution in [3.05, 3.63) is 21.9 Å². The molecule has 116 valence electrons. The minimum absolute atomic E-state index is 0.302. The van der Waals surface area contributed by atoms with E-state index in [0.29, 0.717) is 18.5 Å². The molecule has 3 nitrogen and oxygen atoms in total. The van der Waals surface area contributed by atoms with E-state index in [9.17, 15) is 4.79 Å². The van der Waals surface area contributed by atoms with Gasteiger partial charge < -0.3 is 4.90 Å². The molecule has 0 spiro atoms. The summed E-state index contributed by atoms with van der Waals surface area (Å²) >= 11 is 1.85. The number of carbonyl (C=O) groups is 1. The van der Waals surface area contributed by atoms with Crippen LogP contribution in [0.2, 0.25) is 0 Å². The summed E-state index contributed by atoms with van der Waals surface area (Å²) < 4.78 is 0. The normalized spacial score (nSPS) is 24.1. The van der Waals surface area contributed by atoms with E-state index < -0.39 is 0 Å². The minimum Gasteiger partial charge on any atom is -0.334 e. The fraction of sp³-hybridized carbons (Fsp3) is 0.706. The predicted octanol–water partition coefficient (Wildman–Crippen LogP) is 3.32. The highest BCUT2D eigenvalue weighted by molar-refractivity contribution is 7.10. The van der Waals surface area contributed by atoms with Crippen LogP contribution in [0.3, 0.4) is 0 Å². The first kappa shape index (κ1) is 15.0. The topological polar surface area (TPSA) is 23.6 Å². The van der Waals surface area contributed by atoms with Crippen molar-refractivity contribution in [1.29, 1.82) is 0 Å². The number of amides is 1. The fourth-order valence-electron chi connectivity index (χ4n) is 3.64. The van der Waals surface area contributed by atoms with E-state index in [-0.39, 0.29) is 0 Å². The van der Waals surface area contributed by atoms with Gasteiger partial charge in [0.25, 0.3) is 0 Å². The highest BCUT2D eigenvalue weighted by Gasteiger charge is 2.31. The zero-order valence-corrected chi connectivity index (χ0v) is 14.0. The summed E-state index contributed by atoms with van der Waals surface area (Å²) in [6, 6.07) is 2.52. The second-order valence-electron chi connectivity index (χ2n) is 6.52. The van der Waals surface area contributed by atoms with Crippen LogP contribution >= 0.6 is 11.3 Å². The smallest absolute Gasteiger partial charge is 0.237 e. The summed E-state index contributed by atoms with van der Waals surface area (Å²) in [5.41, 5.74) is 1.40. The van der Waals surface area contributed by atoms with E-state index in [1.165, 1.54) is 23.3 Å². The standard InChI is InChI=1S/C17H26N2OS/c1-3-15-14-7-11-21-16(14)6-10-19(15)17(20)12-18-8-4-13(2)5-9-18/h7,11,13,15H,3-6,8-10,12H2,1-2H3. The van der Waals surface area contributed by atoms with Crippen LogP contribution in [0, 0.1) is 5.92 Å². The molecule has 3 rings (SSSR count). The van der Waals surface area contributed by atoms with Gasteiger partial charge in [-0.05, 0) is 61.7 Å². The number of carbonyl (C=O) groups excluding carboxylic acids is 1. The van der Waals surface area contributed by atoms with Crippen molar-refractivity contribution in [1.82, 2.24) is 9.80 Å². The third-order valence-corrected chi connectivity index (χ3v) is 6.03. The fourth-order valence-corrected chi connectivity index (χ4v) is 4.57. The Bertz CT molecular complexity index is 491. The lowest BCUT2D eigenvalue weighted by Crippen LogP contribution is -2.46. The van der Waals surface area contributed by atoms with Crippen molar-refractivity contribution >= 4 is 17.2 Å². The molecule has 0 saturated carbocycles. The molecule has 2 aliphatic rings. The molecule has 21 heavy (non-hydrogen) atoms. The van der Waals surface area contributed by atoms with Gasteiger partial charge in [0.05, 0.1) is 12.6 Å². The number of nitrogens with zero attached hydrogens (tertiary/aromatic N) is 2. The molecular formula is C17H26N2OS. The van der Waals surface area contributed by atoms with Crippen LogP contribution < -0.4 is 0 Å². The van der Waals surface area contributed by atoms with Gasteiger partial charge in [0.15, 0.2) is 0 Å². The molecule has 1 fully saturated rings. The van der Waals surface area contributed by atoms with Gasteiger partial charge in [0.1, 0.15) is 0 Å². The summed E-state index contributed by atoms with van der Waals surface area (Å²) in [5.74, 6) is 1.15. The van der Waals surface area contributed by atoms with Gasteiger partial charge in [-0.2, -0.15) is 0 Å². The van der Waals surface area contributed by atoms with Crippen LogP contribution in [-0.2, 0) is 11.2 Å². The lowest BCUT2D eigenvalue weighted by Gasteiger charge is -2.38. The first-order valence-corrected chi connectivity index (χ1v) is 9.15. The molecule has 4 heteroatoms. The average molecular weight is 306 g/mol. The molecule has 0 N–H and O–H groups in total. The first-order chi connectivity index (χ1) is 10.2. The molecule has 0 radical (unpaired) electrons. The Morgan fingerprint density at radius 1 is 1.33 bits per heavy atom. The zero-order valence-electron chi connectivity index (χ0n) is 13.2. The van der Waals surface area contributed by atoms with E-state index in [1.807, 2.05) is 11.3 Å². The van der Waals surface area contributed by atoms with Crippen LogP contribution in [0.5, 0.6) is 0 Å². The maximum absolute atomic E-state index is 12.7. The monoisotopic (exact) mass is 306 g/mol. The van der Waals surface area contributed by atoms with Crippen LogP contribution in [-0.4, -0.2) is 41.9 Å². The number of thiophene rings is 1. The number of hydrogen-bond acceptors (Lipinski definition) is 3. The molecule has 1 atom stereocenters. The quantitative estimate of drug-likeness (QED) is 0.855. The number of likely N-dealkylation sites (tertiary alicyclic amines) is 1. The van der Waals surface area contributed by atoms with Crippen LogP contribution in [0.25, 0.3) is 0 Å². The van der Waals surface area contributed by atoms with Crippen molar-refractivity contribution in [2.24, 2.45) is 5.92 Å². The molecule has 1 amide bonds. The van der Waals surface area contributed by atoms with E-state index in [1.54, 1.807) is 0 Å². The van der Waals surface area contributed by atoms with Gasteiger partial charge in [0, 0.05) is 11.4 Å². The Morgan fingerprint density at radius 2 is 2.10 bits per heavy atom. The highest BCUT2D eigenvalue weighted by Crippen LogP contribution is 2.35. The van der Waals surface area contributed by atoms with Gasteiger partial charge in [-0.3, -0.25) is 9.69 Å². The molecule has 3 heterocycles. The second kappa shape index (κ2) is 6.49. The Kier molecular flexibility index (Phi) is 4.65. The Balaban J connectivity index is 1.64. The van der Waals surface area contributed by atoms with E-state index in [2.05, 4.69) is 35.1 Å². The van der Waals surface area contributed by atoms with E-state index >= 15 is 0 Å². The summed E-state index contributed by atoms with van der Waals surface area (Å²) in [7, 11) is 0. The summed E-state index contributed by atoms with van der Waals surface area (Å²) in [5, 5.41) is 2.17. The molecular weight excluding hydrogens is 280 g/mol. The maximum Gasteiger partial charge on any atom is 0.237 e. The number of hydrogen-bond donors (Lipinski definition) is 0. The van der Waals surface area contributed by atoms with E-state index in [4.69, 9.17) is 0 Å². The van der Waals surface area contributed by atoms with Crippen LogP contribution in [0.4, 0.5) is 0 Å². The Morgan fingerprint density at radius 3 is 2.81 bits per heavy atom. The maximum atomic E-state index is 12.7. The molecule has 1 saturated heterocycles. The lowest BCUT2D eigenvalue weighted by molar-refractivity contribution is -0.135. The molecule has 0 aliphatic carbocycles. The molecule has 1 aromatic rings. The number of rotatable bonds is 3. The molecule has 2 aliphatic heterocycles. The second-order valence-corrected chi connectivity index (χ2v) is 7.52.